The van der Waals surface area contributed by atoms with Gasteiger partial charge in [-0.15, -0.1) is 11.3 Å². The first kappa shape index (κ1) is 16.9. The maximum Gasteiger partial charge on any atom is 0.347 e. The van der Waals surface area contributed by atoms with Gasteiger partial charge in [0.15, 0.2) is 0 Å². The minimum atomic E-state index is -1.06. The Morgan fingerprint density at radius 2 is 2.13 bits per heavy atom. The fourth-order valence-electron chi connectivity index (χ4n) is 1.99. The predicted octanol–water partition coefficient (Wildman–Crippen LogP) is 2.79. The maximum atomic E-state index is 13.3. The van der Waals surface area contributed by atoms with Crippen LogP contribution in [0, 0.1) is 12.7 Å². The molecule has 2 aromatic rings. The van der Waals surface area contributed by atoms with Crippen LogP contribution in [0.1, 0.15) is 43.7 Å². The molecule has 122 valence electrons. The molecule has 1 aromatic carbocycles. The van der Waals surface area contributed by atoms with E-state index < -0.39 is 23.7 Å². The fraction of sp³-hybridized carbons (Fsp3) is 0.267. The van der Waals surface area contributed by atoms with Gasteiger partial charge >= 0.3 is 5.97 Å². The van der Waals surface area contributed by atoms with E-state index in [-0.39, 0.29) is 16.2 Å². The van der Waals surface area contributed by atoms with E-state index in [1.165, 1.54) is 19.2 Å². The van der Waals surface area contributed by atoms with Gasteiger partial charge in [0.05, 0.1) is 24.4 Å². The zero-order valence-corrected chi connectivity index (χ0v) is 13.5. The number of thiazole rings is 1. The second-order valence-corrected chi connectivity index (χ2v) is 5.84. The largest absolute Gasteiger partial charge is 0.496 e. The van der Waals surface area contributed by atoms with E-state index in [2.05, 4.69) is 10.3 Å². The molecule has 1 amide bonds. The molecule has 0 spiro atoms. The highest BCUT2D eigenvalue weighted by atomic mass is 32.1. The number of aryl methyl sites for hydroxylation is 1. The van der Waals surface area contributed by atoms with Gasteiger partial charge in [0.1, 0.15) is 21.5 Å². The van der Waals surface area contributed by atoms with Crippen molar-refractivity contribution in [2.75, 3.05) is 7.11 Å². The molecule has 0 radical (unpaired) electrons. The molecule has 1 unspecified atom stereocenters. The summed E-state index contributed by atoms with van der Waals surface area (Å²) in [6, 6.07) is 3.12. The predicted molar refractivity (Wildman–Crippen MR) is 82.6 cm³/mol. The first-order valence-corrected chi connectivity index (χ1v) is 7.50. The van der Waals surface area contributed by atoms with Gasteiger partial charge in [0, 0.05) is 0 Å². The highest BCUT2D eigenvalue weighted by Gasteiger charge is 2.21. The molecule has 6 nitrogen and oxygen atoms in total. The highest BCUT2D eigenvalue weighted by Crippen LogP contribution is 2.25. The van der Waals surface area contributed by atoms with Crippen molar-refractivity contribution in [3.63, 3.8) is 0 Å². The minimum Gasteiger partial charge on any atom is -0.496 e. The molecular formula is C15H15FN2O4S. The van der Waals surface area contributed by atoms with Crippen molar-refractivity contribution in [2.45, 2.75) is 19.9 Å². The van der Waals surface area contributed by atoms with Gasteiger partial charge < -0.3 is 15.2 Å². The molecule has 23 heavy (non-hydrogen) atoms. The number of ether oxygens (including phenoxy) is 1. The Labute approximate surface area is 135 Å². The lowest BCUT2D eigenvalue weighted by Gasteiger charge is -2.13. The molecule has 2 rings (SSSR count). The normalized spacial score (nSPS) is 11.8. The molecule has 8 heteroatoms. The van der Waals surface area contributed by atoms with Crippen molar-refractivity contribution in [3.8, 4) is 5.75 Å². The molecule has 1 aromatic heterocycles. The second kappa shape index (κ2) is 6.74. The van der Waals surface area contributed by atoms with Gasteiger partial charge in [0.2, 0.25) is 0 Å². The summed E-state index contributed by atoms with van der Waals surface area (Å²) in [5.74, 6) is -1.89. The third-order valence-corrected chi connectivity index (χ3v) is 4.46. The van der Waals surface area contributed by atoms with Crippen LogP contribution in [-0.2, 0) is 0 Å². The number of methoxy groups -OCH3 is 1. The summed E-state index contributed by atoms with van der Waals surface area (Å²) in [7, 11) is 1.39. The Hall–Kier alpha value is -2.48. The number of hydrogen-bond donors (Lipinski definition) is 2. The first-order chi connectivity index (χ1) is 10.8. The SMILES string of the molecule is COc1ccc(F)cc1C(=O)NC(C)c1nc(C)c(C(=O)O)s1. The molecule has 1 heterocycles. The number of carboxylic acids is 1. The van der Waals surface area contributed by atoms with Gasteiger partial charge in [-0.25, -0.2) is 14.2 Å². The number of benzene rings is 1. The third-order valence-electron chi connectivity index (χ3n) is 3.13. The Morgan fingerprint density at radius 3 is 2.70 bits per heavy atom. The van der Waals surface area contributed by atoms with Crippen molar-refractivity contribution in [1.29, 1.82) is 0 Å². The average molecular weight is 338 g/mol. The number of rotatable bonds is 5. The van der Waals surface area contributed by atoms with Crippen LogP contribution < -0.4 is 10.1 Å². The lowest BCUT2D eigenvalue weighted by molar-refractivity contribution is 0.0700. The van der Waals surface area contributed by atoms with Crippen LogP contribution in [-0.4, -0.2) is 29.1 Å². The van der Waals surface area contributed by atoms with E-state index in [9.17, 15) is 14.0 Å². The monoisotopic (exact) mass is 338 g/mol. The Balaban J connectivity index is 2.21. The zero-order valence-electron chi connectivity index (χ0n) is 12.7. The smallest absolute Gasteiger partial charge is 0.347 e. The first-order valence-electron chi connectivity index (χ1n) is 6.68. The van der Waals surface area contributed by atoms with Crippen LogP contribution in [0.5, 0.6) is 5.75 Å². The van der Waals surface area contributed by atoms with E-state index in [0.717, 1.165) is 17.4 Å². The van der Waals surface area contributed by atoms with Gasteiger partial charge in [-0.3, -0.25) is 4.79 Å². The Kier molecular flexibility index (Phi) is 4.95. The van der Waals surface area contributed by atoms with Gasteiger partial charge in [0.25, 0.3) is 5.91 Å². The molecule has 0 aliphatic carbocycles. The fourth-order valence-corrected chi connectivity index (χ4v) is 2.90. The van der Waals surface area contributed by atoms with Crippen molar-refractivity contribution < 1.29 is 23.8 Å². The van der Waals surface area contributed by atoms with E-state index in [0.29, 0.717) is 10.7 Å². The van der Waals surface area contributed by atoms with E-state index in [4.69, 9.17) is 9.84 Å². The third kappa shape index (κ3) is 3.65. The van der Waals surface area contributed by atoms with Crippen molar-refractivity contribution in [2.24, 2.45) is 0 Å². The number of nitrogens with one attached hydrogen (secondary N) is 1. The van der Waals surface area contributed by atoms with Crippen LogP contribution in [0.15, 0.2) is 18.2 Å². The van der Waals surface area contributed by atoms with Gasteiger partial charge in [-0.1, -0.05) is 0 Å². The lowest BCUT2D eigenvalue weighted by Crippen LogP contribution is -2.27. The maximum absolute atomic E-state index is 13.3. The number of hydrogen-bond acceptors (Lipinski definition) is 5. The highest BCUT2D eigenvalue weighted by molar-refractivity contribution is 7.13. The number of aromatic carboxylic acids is 1. The summed E-state index contributed by atoms with van der Waals surface area (Å²) < 4.78 is 18.4. The molecule has 0 aliphatic heterocycles. The average Bonchev–Trinajstić information content (AvgIpc) is 2.89. The lowest BCUT2D eigenvalue weighted by atomic mass is 10.1. The summed E-state index contributed by atoms with van der Waals surface area (Å²) >= 11 is 0.995. The summed E-state index contributed by atoms with van der Waals surface area (Å²) in [6.07, 6.45) is 0. The summed E-state index contributed by atoms with van der Waals surface area (Å²) in [4.78, 5) is 27.6. The molecule has 0 saturated carbocycles. The van der Waals surface area contributed by atoms with Crippen LogP contribution in [0.2, 0.25) is 0 Å². The number of halogens is 1. The minimum absolute atomic E-state index is 0.0612. The molecule has 2 N–H and O–H groups in total. The molecule has 1 atom stereocenters. The zero-order chi connectivity index (χ0) is 17.1. The molecule has 0 saturated heterocycles. The summed E-state index contributed by atoms with van der Waals surface area (Å²) in [5, 5.41) is 12.2. The molecule has 0 fully saturated rings. The summed E-state index contributed by atoms with van der Waals surface area (Å²) in [5.41, 5.74) is 0.452. The van der Waals surface area contributed by atoms with Gasteiger partial charge in [-0.05, 0) is 32.0 Å². The van der Waals surface area contributed by atoms with Gasteiger partial charge in [-0.2, -0.15) is 0 Å². The van der Waals surface area contributed by atoms with E-state index in [1.807, 2.05) is 0 Å². The number of nitrogens with zero attached hydrogens (tertiary/aromatic N) is 1. The van der Waals surface area contributed by atoms with Crippen LogP contribution in [0.4, 0.5) is 4.39 Å². The number of amides is 1. The number of aromatic nitrogens is 1. The number of carboxylic acid groups (broad SMARTS) is 1. The second-order valence-electron chi connectivity index (χ2n) is 4.81. The van der Waals surface area contributed by atoms with E-state index in [1.54, 1.807) is 13.8 Å². The van der Waals surface area contributed by atoms with Crippen LogP contribution in [0.3, 0.4) is 0 Å². The Bertz CT molecular complexity index is 760. The van der Waals surface area contributed by atoms with E-state index >= 15 is 0 Å². The molecule has 0 bridgehead atoms. The van der Waals surface area contributed by atoms with Crippen molar-refractivity contribution in [3.05, 3.63) is 45.2 Å². The summed E-state index contributed by atoms with van der Waals surface area (Å²) in [6.45, 7) is 3.27. The van der Waals surface area contributed by atoms with Crippen LogP contribution in [0.25, 0.3) is 0 Å². The topological polar surface area (TPSA) is 88.5 Å². The molecule has 0 aliphatic rings. The Morgan fingerprint density at radius 1 is 1.43 bits per heavy atom. The van der Waals surface area contributed by atoms with Crippen molar-refractivity contribution >= 4 is 23.2 Å². The standard InChI is InChI=1S/C15H15FN2O4S/c1-7-12(15(20)21)23-14(18-7)8(2)17-13(19)10-6-9(16)4-5-11(10)22-3/h4-6,8H,1-3H3,(H,17,19)(H,20,21). The number of carbonyl (C=O) groups is 2. The quantitative estimate of drug-likeness (QED) is 0.875. The number of carbonyl (C=O) groups excluding carboxylic acids is 1. The van der Waals surface area contributed by atoms with Crippen molar-refractivity contribution in [1.82, 2.24) is 10.3 Å². The van der Waals surface area contributed by atoms with Crippen LogP contribution >= 0.6 is 11.3 Å². The molecular weight excluding hydrogens is 323 g/mol.